The highest BCUT2D eigenvalue weighted by Gasteiger charge is 2.35. The van der Waals surface area contributed by atoms with Gasteiger partial charge in [0.2, 0.25) is 15.9 Å². The number of hydrogen-bond acceptors (Lipinski definition) is 4. The number of sulfonamides is 1. The zero-order chi connectivity index (χ0) is 10.9. The van der Waals surface area contributed by atoms with Crippen molar-refractivity contribution >= 4 is 15.9 Å². The molecule has 2 N–H and O–H groups in total. The summed E-state index contributed by atoms with van der Waals surface area (Å²) in [4.78, 5) is 14.4. The summed E-state index contributed by atoms with van der Waals surface area (Å²) in [6.45, 7) is 0.982. The molecular weight excluding hydrogens is 206 g/mol. The molecule has 82 valence electrons. The molecule has 1 aliphatic rings. The van der Waals surface area contributed by atoms with Crippen LogP contribution >= 0.6 is 0 Å². The number of nitrogens with two attached hydrogens (primary N) is 1. The molecule has 0 aliphatic carbocycles. The Labute approximate surface area is 83.7 Å². The van der Waals surface area contributed by atoms with Crippen LogP contribution in [0.3, 0.4) is 0 Å². The zero-order valence-electron chi connectivity index (χ0n) is 8.30. The fourth-order valence-electron chi connectivity index (χ4n) is 1.19. The number of likely N-dealkylation sites (N-methyl/N-ethyl adjacent to an activating group) is 1. The van der Waals surface area contributed by atoms with E-state index < -0.39 is 15.3 Å². The lowest BCUT2D eigenvalue weighted by atomic mass is 10.2. The van der Waals surface area contributed by atoms with E-state index in [9.17, 15) is 13.2 Å². The molecule has 0 spiro atoms. The fourth-order valence-corrected chi connectivity index (χ4v) is 2.03. The van der Waals surface area contributed by atoms with E-state index in [1.807, 2.05) is 0 Å². The van der Waals surface area contributed by atoms with Gasteiger partial charge in [0.1, 0.15) is 5.25 Å². The molecule has 14 heavy (non-hydrogen) atoms. The topological polar surface area (TPSA) is 83.7 Å². The summed E-state index contributed by atoms with van der Waals surface area (Å²) in [5, 5.41) is 4.44. The van der Waals surface area contributed by atoms with E-state index in [-0.39, 0.29) is 12.5 Å². The molecule has 0 atom stereocenters. The molecule has 1 fully saturated rings. The van der Waals surface area contributed by atoms with Crippen molar-refractivity contribution in [1.82, 2.24) is 9.80 Å². The van der Waals surface area contributed by atoms with Gasteiger partial charge in [0.15, 0.2) is 0 Å². The summed E-state index contributed by atoms with van der Waals surface area (Å²) in [5.74, 6) is -0.0298. The SMILES string of the molecule is CN(C)C(=O)CN1CC(S(N)(=O)=O)C1. The van der Waals surface area contributed by atoms with Gasteiger partial charge in [-0.25, -0.2) is 13.6 Å². The van der Waals surface area contributed by atoms with E-state index in [2.05, 4.69) is 0 Å². The number of rotatable bonds is 3. The Balaban J connectivity index is 2.33. The van der Waals surface area contributed by atoms with E-state index in [4.69, 9.17) is 5.14 Å². The van der Waals surface area contributed by atoms with Gasteiger partial charge < -0.3 is 4.90 Å². The van der Waals surface area contributed by atoms with Gasteiger partial charge in [-0.1, -0.05) is 0 Å². The van der Waals surface area contributed by atoms with Crippen LogP contribution in [0.1, 0.15) is 0 Å². The Morgan fingerprint density at radius 2 is 2.00 bits per heavy atom. The number of primary sulfonamides is 1. The average molecular weight is 221 g/mol. The smallest absolute Gasteiger partial charge is 0.236 e. The number of carbonyl (C=O) groups excluding carboxylic acids is 1. The summed E-state index contributed by atoms with van der Waals surface area (Å²) in [7, 11) is -0.0897. The molecule has 0 aromatic heterocycles. The summed E-state index contributed by atoms with van der Waals surface area (Å²) in [6.07, 6.45) is 0. The third-order valence-corrected chi connectivity index (χ3v) is 3.47. The van der Waals surface area contributed by atoms with Crippen LogP contribution in [0.2, 0.25) is 0 Å². The van der Waals surface area contributed by atoms with Gasteiger partial charge in [0, 0.05) is 27.2 Å². The van der Waals surface area contributed by atoms with Crippen LogP contribution in [0.25, 0.3) is 0 Å². The maximum atomic E-state index is 11.2. The van der Waals surface area contributed by atoms with Crippen LogP contribution in [0, 0.1) is 0 Å². The molecule has 0 aromatic carbocycles. The van der Waals surface area contributed by atoms with Crippen molar-refractivity contribution in [2.75, 3.05) is 33.7 Å². The van der Waals surface area contributed by atoms with Crippen LogP contribution in [0.15, 0.2) is 0 Å². The van der Waals surface area contributed by atoms with Crippen molar-refractivity contribution in [3.05, 3.63) is 0 Å². The van der Waals surface area contributed by atoms with Crippen LogP contribution < -0.4 is 5.14 Å². The highest BCUT2D eigenvalue weighted by molar-refractivity contribution is 7.89. The molecule has 0 bridgehead atoms. The molecular formula is C7H15N3O3S. The van der Waals surface area contributed by atoms with Gasteiger partial charge in [-0.3, -0.25) is 9.69 Å². The first-order valence-electron chi connectivity index (χ1n) is 4.25. The van der Waals surface area contributed by atoms with Gasteiger partial charge >= 0.3 is 0 Å². The number of carbonyl (C=O) groups is 1. The van der Waals surface area contributed by atoms with E-state index in [0.717, 1.165) is 0 Å². The van der Waals surface area contributed by atoms with Crippen LogP contribution in [-0.4, -0.2) is 63.1 Å². The van der Waals surface area contributed by atoms with Crippen LogP contribution in [0.4, 0.5) is 0 Å². The highest BCUT2D eigenvalue weighted by Crippen LogP contribution is 2.13. The average Bonchev–Trinajstić information content (AvgIpc) is 1.92. The van der Waals surface area contributed by atoms with Crippen molar-refractivity contribution in [3.63, 3.8) is 0 Å². The van der Waals surface area contributed by atoms with Crippen LogP contribution in [-0.2, 0) is 14.8 Å². The number of nitrogens with zero attached hydrogens (tertiary/aromatic N) is 2. The number of hydrogen-bond donors (Lipinski definition) is 1. The van der Waals surface area contributed by atoms with E-state index >= 15 is 0 Å². The molecule has 1 saturated heterocycles. The lowest BCUT2D eigenvalue weighted by Gasteiger charge is -2.37. The molecule has 0 saturated carbocycles. The maximum absolute atomic E-state index is 11.2. The first-order valence-corrected chi connectivity index (χ1v) is 5.86. The van der Waals surface area contributed by atoms with Crippen molar-refractivity contribution in [1.29, 1.82) is 0 Å². The van der Waals surface area contributed by atoms with E-state index in [0.29, 0.717) is 13.1 Å². The molecule has 0 radical (unpaired) electrons. The monoisotopic (exact) mass is 221 g/mol. The number of amides is 1. The molecule has 0 aromatic rings. The Bertz CT molecular complexity index is 319. The molecule has 0 unspecified atom stereocenters. The third-order valence-electron chi connectivity index (χ3n) is 2.25. The van der Waals surface area contributed by atoms with Crippen molar-refractivity contribution < 1.29 is 13.2 Å². The van der Waals surface area contributed by atoms with Crippen molar-refractivity contribution in [2.45, 2.75) is 5.25 Å². The summed E-state index contributed by atoms with van der Waals surface area (Å²) < 4.78 is 21.7. The van der Waals surface area contributed by atoms with Crippen LogP contribution in [0.5, 0.6) is 0 Å². The minimum Gasteiger partial charge on any atom is -0.348 e. The minimum absolute atomic E-state index is 0.0298. The zero-order valence-corrected chi connectivity index (χ0v) is 9.12. The lowest BCUT2D eigenvalue weighted by molar-refractivity contribution is -0.130. The second-order valence-electron chi connectivity index (χ2n) is 3.69. The van der Waals surface area contributed by atoms with Gasteiger partial charge in [0.25, 0.3) is 0 Å². The predicted molar refractivity (Wildman–Crippen MR) is 52.0 cm³/mol. The number of likely N-dealkylation sites (tertiary alicyclic amines) is 1. The summed E-state index contributed by atoms with van der Waals surface area (Å²) in [5.41, 5.74) is 0. The van der Waals surface area contributed by atoms with E-state index in [1.165, 1.54) is 4.90 Å². The minimum atomic E-state index is -3.42. The van der Waals surface area contributed by atoms with Crippen molar-refractivity contribution in [3.8, 4) is 0 Å². The molecule has 1 aliphatic heterocycles. The van der Waals surface area contributed by atoms with Gasteiger partial charge in [0.05, 0.1) is 6.54 Å². The maximum Gasteiger partial charge on any atom is 0.236 e. The molecule has 6 nitrogen and oxygen atoms in total. The quantitative estimate of drug-likeness (QED) is 0.600. The molecule has 7 heteroatoms. The highest BCUT2D eigenvalue weighted by atomic mass is 32.2. The lowest BCUT2D eigenvalue weighted by Crippen LogP contribution is -2.58. The standard InChI is InChI=1S/C7H15N3O3S/c1-9(2)7(11)5-10-3-6(4-10)14(8,12)13/h6H,3-5H2,1-2H3,(H2,8,12,13). The second kappa shape index (κ2) is 3.84. The largest absolute Gasteiger partial charge is 0.348 e. The van der Waals surface area contributed by atoms with Gasteiger partial charge in [-0.15, -0.1) is 0 Å². The molecule has 1 heterocycles. The fraction of sp³-hybridized carbons (Fsp3) is 0.857. The molecule has 1 rings (SSSR count). The Hall–Kier alpha value is -0.660. The van der Waals surface area contributed by atoms with Gasteiger partial charge in [-0.05, 0) is 0 Å². The summed E-state index contributed by atoms with van der Waals surface area (Å²) in [6, 6.07) is 0. The third kappa shape index (κ3) is 2.66. The second-order valence-corrected chi connectivity index (χ2v) is 5.54. The first kappa shape index (κ1) is 11.4. The van der Waals surface area contributed by atoms with E-state index in [1.54, 1.807) is 19.0 Å². The first-order chi connectivity index (χ1) is 6.30. The Morgan fingerprint density at radius 1 is 1.50 bits per heavy atom. The van der Waals surface area contributed by atoms with Crippen molar-refractivity contribution in [2.24, 2.45) is 5.14 Å². The normalized spacial score (nSPS) is 19.1. The Morgan fingerprint density at radius 3 is 2.36 bits per heavy atom. The summed E-state index contributed by atoms with van der Waals surface area (Å²) >= 11 is 0. The van der Waals surface area contributed by atoms with Gasteiger partial charge in [-0.2, -0.15) is 0 Å². The molecule has 1 amide bonds. The Kier molecular flexibility index (Phi) is 3.13. The predicted octanol–water partition coefficient (Wildman–Crippen LogP) is -1.95.